The standard InChI is InChI=1S/C22H37N5O3.HI/c1-22(2,3)30-21(28)25-16-12-13-27(15-16)20(23-4)24-14-18(26(5)6)17-10-8-9-11-19(17)29-7;/h8-11,16,18H,12-15H2,1-7H3,(H,23,24)(H,25,28);1H. The number of benzene rings is 1. The Labute approximate surface area is 203 Å². The number of amides is 1. The minimum Gasteiger partial charge on any atom is -0.496 e. The molecule has 1 heterocycles. The van der Waals surface area contributed by atoms with Crippen LogP contribution in [0.5, 0.6) is 5.75 Å². The number of aliphatic imine (C=N–C) groups is 1. The molecule has 1 saturated heterocycles. The molecule has 1 aromatic rings. The highest BCUT2D eigenvalue weighted by Gasteiger charge is 2.28. The average Bonchev–Trinajstić information content (AvgIpc) is 3.11. The average molecular weight is 547 g/mol. The maximum atomic E-state index is 12.1. The fourth-order valence-corrected chi connectivity index (χ4v) is 3.58. The van der Waals surface area contributed by atoms with Crippen molar-refractivity contribution in [1.29, 1.82) is 0 Å². The Morgan fingerprint density at radius 2 is 2.00 bits per heavy atom. The number of likely N-dealkylation sites (tertiary alicyclic amines) is 1. The molecule has 0 aromatic heterocycles. The van der Waals surface area contributed by atoms with E-state index in [0.29, 0.717) is 13.1 Å². The number of alkyl carbamates (subject to hydrolysis) is 1. The number of nitrogens with one attached hydrogen (secondary N) is 2. The molecule has 2 unspecified atom stereocenters. The molecule has 31 heavy (non-hydrogen) atoms. The third kappa shape index (κ3) is 8.36. The van der Waals surface area contributed by atoms with Crippen molar-refractivity contribution in [3.8, 4) is 5.75 Å². The molecule has 1 aromatic carbocycles. The normalized spacial score (nSPS) is 17.7. The summed E-state index contributed by atoms with van der Waals surface area (Å²) >= 11 is 0. The fourth-order valence-electron chi connectivity index (χ4n) is 3.58. The van der Waals surface area contributed by atoms with Gasteiger partial charge in [-0.1, -0.05) is 18.2 Å². The monoisotopic (exact) mass is 547 g/mol. The highest BCUT2D eigenvalue weighted by atomic mass is 127. The number of hydrogen-bond acceptors (Lipinski definition) is 5. The van der Waals surface area contributed by atoms with Crippen LogP contribution in [0.1, 0.15) is 38.8 Å². The van der Waals surface area contributed by atoms with Gasteiger partial charge in [0.25, 0.3) is 0 Å². The van der Waals surface area contributed by atoms with Gasteiger partial charge in [0.2, 0.25) is 0 Å². The number of para-hydroxylation sites is 1. The molecule has 176 valence electrons. The quantitative estimate of drug-likeness (QED) is 0.324. The Morgan fingerprint density at radius 3 is 2.58 bits per heavy atom. The van der Waals surface area contributed by atoms with E-state index in [0.717, 1.165) is 30.2 Å². The molecule has 2 atom stereocenters. The molecule has 9 heteroatoms. The summed E-state index contributed by atoms with van der Waals surface area (Å²) in [7, 11) is 7.58. The molecule has 1 aliphatic heterocycles. The molecule has 0 bridgehead atoms. The van der Waals surface area contributed by atoms with Crippen LogP contribution in [0.15, 0.2) is 29.3 Å². The number of methoxy groups -OCH3 is 1. The zero-order valence-electron chi connectivity index (χ0n) is 19.8. The second-order valence-corrected chi connectivity index (χ2v) is 8.73. The molecule has 1 amide bonds. The molecular formula is C22H38IN5O3. The summed E-state index contributed by atoms with van der Waals surface area (Å²) in [6, 6.07) is 8.23. The van der Waals surface area contributed by atoms with E-state index in [9.17, 15) is 4.79 Å². The SMILES string of the molecule is CN=C(NCC(c1ccccc1OC)N(C)C)N1CCC(NC(=O)OC(C)(C)C)C1.I. The second-order valence-electron chi connectivity index (χ2n) is 8.73. The Bertz CT molecular complexity index is 736. The summed E-state index contributed by atoms with van der Waals surface area (Å²) in [4.78, 5) is 20.8. The number of nitrogens with zero attached hydrogens (tertiary/aromatic N) is 3. The predicted octanol–water partition coefficient (Wildman–Crippen LogP) is 3.09. The zero-order valence-corrected chi connectivity index (χ0v) is 22.1. The number of carbonyl (C=O) groups excluding carboxylic acids is 1. The van der Waals surface area contributed by atoms with E-state index < -0.39 is 5.60 Å². The van der Waals surface area contributed by atoms with Crippen LogP contribution in [-0.2, 0) is 4.74 Å². The molecule has 0 spiro atoms. The smallest absolute Gasteiger partial charge is 0.407 e. The first-order valence-corrected chi connectivity index (χ1v) is 10.4. The maximum Gasteiger partial charge on any atom is 0.407 e. The van der Waals surface area contributed by atoms with Gasteiger partial charge in [-0.15, -0.1) is 24.0 Å². The van der Waals surface area contributed by atoms with Gasteiger partial charge in [0, 0.05) is 32.2 Å². The van der Waals surface area contributed by atoms with Crippen LogP contribution in [0.2, 0.25) is 0 Å². The van der Waals surface area contributed by atoms with Crippen molar-refractivity contribution in [1.82, 2.24) is 20.4 Å². The summed E-state index contributed by atoms with van der Waals surface area (Å²) in [6.45, 7) is 7.79. The number of hydrogen-bond donors (Lipinski definition) is 2. The van der Waals surface area contributed by atoms with E-state index in [4.69, 9.17) is 9.47 Å². The minimum atomic E-state index is -0.500. The van der Waals surface area contributed by atoms with Crippen LogP contribution in [0.25, 0.3) is 0 Å². The van der Waals surface area contributed by atoms with Crippen molar-refractivity contribution >= 4 is 36.0 Å². The maximum absolute atomic E-state index is 12.1. The van der Waals surface area contributed by atoms with Crippen LogP contribution in [-0.4, -0.2) is 81.4 Å². The largest absolute Gasteiger partial charge is 0.496 e. The summed E-state index contributed by atoms with van der Waals surface area (Å²) < 4.78 is 10.9. The van der Waals surface area contributed by atoms with Crippen molar-refractivity contribution < 1.29 is 14.3 Å². The molecule has 2 N–H and O–H groups in total. The van der Waals surface area contributed by atoms with Gasteiger partial charge in [0.1, 0.15) is 11.4 Å². The lowest BCUT2D eigenvalue weighted by atomic mass is 10.0. The number of ether oxygens (including phenoxy) is 2. The topological polar surface area (TPSA) is 78.4 Å². The van der Waals surface area contributed by atoms with Gasteiger partial charge in [-0.3, -0.25) is 4.99 Å². The lowest BCUT2D eigenvalue weighted by molar-refractivity contribution is 0.0507. The first kappa shape index (κ1) is 27.3. The summed E-state index contributed by atoms with van der Waals surface area (Å²) in [5, 5.41) is 6.45. The summed E-state index contributed by atoms with van der Waals surface area (Å²) in [5.74, 6) is 1.70. The first-order valence-electron chi connectivity index (χ1n) is 10.4. The van der Waals surface area contributed by atoms with Gasteiger partial charge < -0.3 is 29.9 Å². The number of halogens is 1. The minimum absolute atomic E-state index is 0. The van der Waals surface area contributed by atoms with Crippen LogP contribution >= 0.6 is 24.0 Å². The molecule has 8 nitrogen and oxygen atoms in total. The van der Waals surface area contributed by atoms with Crippen LogP contribution in [0, 0.1) is 0 Å². The molecular weight excluding hydrogens is 509 g/mol. The lowest BCUT2D eigenvalue weighted by Gasteiger charge is -2.29. The van der Waals surface area contributed by atoms with Gasteiger partial charge in [-0.2, -0.15) is 0 Å². The van der Waals surface area contributed by atoms with Gasteiger partial charge in [0.05, 0.1) is 19.2 Å². The van der Waals surface area contributed by atoms with Gasteiger partial charge in [0.15, 0.2) is 5.96 Å². The van der Waals surface area contributed by atoms with Gasteiger partial charge in [-0.05, 0) is 47.4 Å². The Kier molecular flexibility index (Phi) is 10.9. The van der Waals surface area contributed by atoms with E-state index >= 15 is 0 Å². The van der Waals surface area contributed by atoms with E-state index in [1.54, 1.807) is 14.2 Å². The molecule has 2 rings (SSSR count). The van der Waals surface area contributed by atoms with E-state index in [2.05, 4.69) is 45.6 Å². The van der Waals surface area contributed by atoms with Crippen molar-refractivity contribution in [2.75, 3.05) is 47.9 Å². The van der Waals surface area contributed by atoms with Gasteiger partial charge >= 0.3 is 6.09 Å². The van der Waals surface area contributed by atoms with E-state index in [-0.39, 0.29) is 42.2 Å². The third-order valence-corrected chi connectivity index (χ3v) is 5.00. The number of carbonyl (C=O) groups is 1. The summed E-state index contributed by atoms with van der Waals surface area (Å²) in [6.07, 6.45) is 0.477. The zero-order chi connectivity index (χ0) is 22.3. The highest BCUT2D eigenvalue weighted by molar-refractivity contribution is 14.0. The molecule has 0 aliphatic carbocycles. The molecule has 0 saturated carbocycles. The lowest BCUT2D eigenvalue weighted by Crippen LogP contribution is -2.45. The van der Waals surface area contributed by atoms with Crippen molar-refractivity contribution in [3.05, 3.63) is 29.8 Å². The Hall–Kier alpha value is -1.75. The van der Waals surface area contributed by atoms with Crippen LogP contribution in [0.3, 0.4) is 0 Å². The Balaban J connectivity index is 0.00000480. The molecule has 1 fully saturated rings. The van der Waals surface area contributed by atoms with Crippen molar-refractivity contribution in [2.45, 2.75) is 44.9 Å². The fraction of sp³-hybridized carbons (Fsp3) is 0.636. The molecule has 0 radical (unpaired) electrons. The second kappa shape index (κ2) is 12.3. The highest BCUT2D eigenvalue weighted by Crippen LogP contribution is 2.27. The number of guanidine groups is 1. The predicted molar refractivity (Wildman–Crippen MR) is 136 cm³/mol. The van der Waals surface area contributed by atoms with Crippen molar-refractivity contribution in [2.24, 2.45) is 4.99 Å². The van der Waals surface area contributed by atoms with E-state index in [1.165, 1.54) is 0 Å². The first-order chi connectivity index (χ1) is 14.1. The van der Waals surface area contributed by atoms with Crippen molar-refractivity contribution in [3.63, 3.8) is 0 Å². The molecule has 1 aliphatic rings. The summed E-state index contributed by atoms with van der Waals surface area (Å²) in [5.41, 5.74) is 0.624. The van der Waals surface area contributed by atoms with Crippen LogP contribution in [0.4, 0.5) is 4.79 Å². The van der Waals surface area contributed by atoms with Gasteiger partial charge in [-0.25, -0.2) is 4.79 Å². The number of rotatable bonds is 6. The number of likely N-dealkylation sites (N-methyl/N-ethyl adjacent to an activating group) is 1. The third-order valence-electron chi connectivity index (χ3n) is 5.00. The van der Waals surface area contributed by atoms with Crippen LogP contribution < -0.4 is 15.4 Å². The Morgan fingerprint density at radius 1 is 1.32 bits per heavy atom. The van der Waals surface area contributed by atoms with E-state index in [1.807, 2.05) is 39.0 Å².